The van der Waals surface area contributed by atoms with Gasteiger partial charge in [0.25, 0.3) is 0 Å². The van der Waals surface area contributed by atoms with Gasteiger partial charge in [-0.25, -0.2) is 12.2 Å². The first-order valence-corrected chi connectivity index (χ1v) is 3.96. The molecule has 0 fully saturated rings. The normalized spacial score (nSPS) is 15.8. The van der Waals surface area contributed by atoms with Gasteiger partial charge in [0.1, 0.15) is 6.29 Å². The largest absolute Gasteiger partial charge is 2.00 e. The molecular formula is C11H11FeO+. The van der Waals surface area contributed by atoms with Crippen LogP contribution in [0.4, 0.5) is 0 Å². The fraction of sp³-hybridized carbons (Fsp3) is 0.182. The van der Waals surface area contributed by atoms with Gasteiger partial charge in [-0.3, -0.25) is 10.9 Å². The predicted molar refractivity (Wildman–Crippen MR) is 49.5 cm³/mol. The van der Waals surface area contributed by atoms with Gasteiger partial charge in [-0.05, 0) is 12.0 Å². The number of carbonyl (C=O) groups excluding carboxylic acids is 1. The predicted octanol–water partition coefficient (Wildman–Crippen LogP) is 2.37. The Balaban J connectivity index is 0.000000215. The summed E-state index contributed by atoms with van der Waals surface area (Å²) in [7, 11) is 0. The SMILES string of the molecule is O=CC1=CC=CC1.[C-]1=CC=CC1.[Fe+2]. The third-order valence-electron chi connectivity index (χ3n) is 1.54. The first-order valence-electron chi connectivity index (χ1n) is 3.96. The van der Waals surface area contributed by atoms with E-state index in [0.717, 1.165) is 24.7 Å². The molecule has 0 bridgehead atoms. The number of hydrogen-bond acceptors (Lipinski definition) is 1. The van der Waals surface area contributed by atoms with Crippen LogP contribution in [-0.2, 0) is 21.9 Å². The van der Waals surface area contributed by atoms with Crippen LogP contribution in [0.1, 0.15) is 12.8 Å². The summed E-state index contributed by atoms with van der Waals surface area (Å²) in [5, 5.41) is 0. The average Bonchev–Trinajstić information content (AvgIpc) is 2.81. The fourth-order valence-corrected chi connectivity index (χ4v) is 0.891. The minimum absolute atomic E-state index is 0. The van der Waals surface area contributed by atoms with Gasteiger partial charge >= 0.3 is 17.1 Å². The number of allylic oxidation sites excluding steroid dienone is 8. The zero-order valence-electron chi connectivity index (χ0n) is 7.22. The Bertz CT molecular complexity index is 249. The average molecular weight is 215 g/mol. The van der Waals surface area contributed by atoms with Gasteiger partial charge in [0, 0.05) is 0 Å². The molecule has 2 aliphatic carbocycles. The molecule has 0 saturated heterocycles. The minimum atomic E-state index is 0. The molecule has 0 aromatic rings. The molecular weight excluding hydrogens is 204 g/mol. The van der Waals surface area contributed by atoms with Crippen molar-refractivity contribution in [1.82, 2.24) is 0 Å². The van der Waals surface area contributed by atoms with Crippen molar-refractivity contribution in [2.24, 2.45) is 0 Å². The van der Waals surface area contributed by atoms with Gasteiger partial charge in [-0.1, -0.05) is 18.2 Å². The molecule has 0 atom stereocenters. The van der Waals surface area contributed by atoms with E-state index in [-0.39, 0.29) is 17.1 Å². The van der Waals surface area contributed by atoms with Gasteiger partial charge in [-0.15, -0.1) is 6.42 Å². The van der Waals surface area contributed by atoms with E-state index in [1.807, 2.05) is 30.4 Å². The minimum Gasteiger partial charge on any atom is -0.298 e. The monoisotopic (exact) mass is 215 g/mol. The second-order valence-electron chi connectivity index (χ2n) is 2.49. The van der Waals surface area contributed by atoms with Gasteiger partial charge < -0.3 is 0 Å². The second-order valence-corrected chi connectivity index (χ2v) is 2.49. The van der Waals surface area contributed by atoms with Gasteiger partial charge in [0.15, 0.2) is 0 Å². The van der Waals surface area contributed by atoms with Gasteiger partial charge in [-0.2, -0.15) is 6.08 Å². The van der Waals surface area contributed by atoms with Crippen molar-refractivity contribution >= 4 is 6.29 Å². The molecule has 0 spiro atoms. The van der Waals surface area contributed by atoms with Crippen LogP contribution >= 0.6 is 0 Å². The van der Waals surface area contributed by atoms with Crippen molar-refractivity contribution in [3.63, 3.8) is 0 Å². The molecule has 0 aromatic heterocycles. The Morgan fingerprint density at radius 1 is 1.31 bits per heavy atom. The maximum absolute atomic E-state index is 9.90. The van der Waals surface area contributed by atoms with Crippen molar-refractivity contribution in [2.75, 3.05) is 0 Å². The molecule has 0 heterocycles. The molecule has 13 heavy (non-hydrogen) atoms. The summed E-state index contributed by atoms with van der Waals surface area (Å²) in [4.78, 5) is 9.90. The zero-order valence-corrected chi connectivity index (χ0v) is 8.32. The number of hydrogen-bond donors (Lipinski definition) is 0. The van der Waals surface area contributed by atoms with Crippen LogP contribution in [0.3, 0.4) is 0 Å². The molecule has 0 amide bonds. The Kier molecular flexibility index (Phi) is 7.27. The maximum Gasteiger partial charge on any atom is 2.00 e. The second kappa shape index (κ2) is 7.78. The Hall–Kier alpha value is -0.851. The van der Waals surface area contributed by atoms with E-state index < -0.39 is 0 Å². The molecule has 0 aromatic carbocycles. The number of rotatable bonds is 1. The summed E-state index contributed by atoms with van der Waals surface area (Å²) in [6.45, 7) is 0. The molecule has 0 N–H and O–H groups in total. The van der Waals surface area contributed by atoms with E-state index in [4.69, 9.17) is 0 Å². The van der Waals surface area contributed by atoms with E-state index in [1.54, 1.807) is 0 Å². The molecule has 68 valence electrons. The van der Waals surface area contributed by atoms with Crippen molar-refractivity contribution < 1.29 is 21.9 Å². The standard InChI is InChI=1S/C6H6O.C5H5.Fe/c7-5-6-3-1-2-4-6;1-2-4-5-3-1;/h1-3,5H,4H2;1-3H,4H2;/q;-1;+2. The molecule has 0 saturated carbocycles. The van der Waals surface area contributed by atoms with Crippen molar-refractivity contribution in [3.8, 4) is 0 Å². The summed E-state index contributed by atoms with van der Waals surface area (Å²) in [5.41, 5.74) is 0.875. The van der Waals surface area contributed by atoms with E-state index in [1.165, 1.54) is 0 Å². The first-order chi connectivity index (χ1) is 5.93. The van der Waals surface area contributed by atoms with Gasteiger partial charge in [0.2, 0.25) is 0 Å². The zero-order chi connectivity index (χ0) is 8.65. The molecule has 0 aliphatic heterocycles. The van der Waals surface area contributed by atoms with Crippen LogP contribution < -0.4 is 0 Å². The summed E-state index contributed by atoms with van der Waals surface area (Å²) in [5.74, 6) is 0. The Morgan fingerprint density at radius 2 is 2.15 bits per heavy atom. The van der Waals surface area contributed by atoms with Crippen LogP contribution in [0.25, 0.3) is 0 Å². The quantitative estimate of drug-likeness (QED) is 0.373. The van der Waals surface area contributed by atoms with Crippen molar-refractivity contribution in [1.29, 1.82) is 0 Å². The van der Waals surface area contributed by atoms with E-state index in [9.17, 15) is 4.79 Å². The summed E-state index contributed by atoms with van der Waals surface area (Å²) >= 11 is 0. The Morgan fingerprint density at radius 3 is 2.38 bits per heavy atom. The molecule has 0 unspecified atom stereocenters. The molecule has 2 aliphatic rings. The summed E-state index contributed by atoms with van der Waals surface area (Å²) < 4.78 is 0. The van der Waals surface area contributed by atoms with Crippen LogP contribution in [0, 0.1) is 6.08 Å². The van der Waals surface area contributed by atoms with E-state index >= 15 is 0 Å². The van der Waals surface area contributed by atoms with Crippen molar-refractivity contribution in [3.05, 3.63) is 48.1 Å². The van der Waals surface area contributed by atoms with E-state index in [2.05, 4.69) is 12.2 Å². The number of aldehydes is 1. The molecule has 1 nitrogen and oxygen atoms in total. The Labute approximate surface area is 89.4 Å². The summed E-state index contributed by atoms with van der Waals surface area (Å²) in [6.07, 6.45) is 17.4. The van der Waals surface area contributed by atoms with E-state index in [0.29, 0.717) is 0 Å². The maximum atomic E-state index is 9.90. The van der Waals surface area contributed by atoms with Crippen LogP contribution in [0.15, 0.2) is 42.0 Å². The van der Waals surface area contributed by atoms with Gasteiger partial charge in [0.05, 0.1) is 0 Å². The number of carbonyl (C=O) groups is 1. The first kappa shape index (κ1) is 12.1. The third kappa shape index (κ3) is 5.40. The fourth-order valence-electron chi connectivity index (χ4n) is 0.891. The molecule has 0 radical (unpaired) electrons. The van der Waals surface area contributed by atoms with Crippen LogP contribution in [0.5, 0.6) is 0 Å². The topological polar surface area (TPSA) is 17.1 Å². The van der Waals surface area contributed by atoms with Crippen molar-refractivity contribution in [2.45, 2.75) is 12.8 Å². The molecule has 2 heteroatoms. The van der Waals surface area contributed by atoms with Crippen LogP contribution in [0.2, 0.25) is 0 Å². The third-order valence-corrected chi connectivity index (χ3v) is 1.54. The van der Waals surface area contributed by atoms with Crippen LogP contribution in [-0.4, -0.2) is 6.29 Å². The molecule has 2 rings (SSSR count). The summed E-state index contributed by atoms with van der Waals surface area (Å²) in [6, 6.07) is 0. The smallest absolute Gasteiger partial charge is 0.298 e.